The van der Waals surface area contributed by atoms with Gasteiger partial charge in [-0.1, -0.05) is 91.0 Å². The molecule has 0 unspecified atom stereocenters. The van der Waals surface area contributed by atoms with E-state index in [-0.39, 0.29) is 13.2 Å². The summed E-state index contributed by atoms with van der Waals surface area (Å²) in [5, 5.41) is 0. The van der Waals surface area contributed by atoms with Crippen LogP contribution in [-0.2, 0) is 43.6 Å². The lowest BCUT2D eigenvalue weighted by Gasteiger charge is -2.36. The second-order valence-corrected chi connectivity index (χ2v) is 7.44. The predicted molar refractivity (Wildman–Crippen MR) is 116 cm³/mol. The lowest BCUT2D eigenvalue weighted by molar-refractivity contribution is -0.215. The van der Waals surface area contributed by atoms with Crippen molar-refractivity contribution in [3.8, 4) is 0 Å². The fourth-order valence-corrected chi connectivity index (χ4v) is 3.48. The quantitative estimate of drug-likeness (QED) is 0.485. The van der Waals surface area contributed by atoms with Gasteiger partial charge in [0.25, 0.3) is 0 Å². The van der Waals surface area contributed by atoms with Gasteiger partial charge in [-0.3, -0.25) is 0 Å². The molecule has 1 saturated heterocycles. The normalized spacial score (nSPS) is 20.9. The molecule has 0 saturated carbocycles. The Balaban J connectivity index is 1.47. The zero-order valence-corrected chi connectivity index (χ0v) is 17.3. The van der Waals surface area contributed by atoms with Gasteiger partial charge in [-0.05, 0) is 16.7 Å². The number of esters is 1. The van der Waals surface area contributed by atoms with E-state index in [9.17, 15) is 4.79 Å². The molecule has 3 atom stereocenters. The molecule has 1 heterocycles. The molecule has 0 aliphatic carbocycles. The summed E-state index contributed by atoms with van der Waals surface area (Å²) in [6, 6.07) is 29.5. The highest BCUT2D eigenvalue weighted by molar-refractivity contribution is 5.76. The van der Waals surface area contributed by atoms with Crippen LogP contribution in [0, 0.1) is 0 Å². The molecule has 0 amide bonds. The number of benzene rings is 3. The summed E-state index contributed by atoms with van der Waals surface area (Å²) >= 11 is 0. The van der Waals surface area contributed by atoms with Crippen LogP contribution in [0.1, 0.15) is 16.7 Å². The van der Waals surface area contributed by atoms with Crippen LogP contribution in [0.5, 0.6) is 0 Å². The van der Waals surface area contributed by atoms with Gasteiger partial charge < -0.3 is 18.9 Å². The third-order valence-corrected chi connectivity index (χ3v) is 5.15. The molecule has 0 spiro atoms. The van der Waals surface area contributed by atoms with E-state index in [1.807, 2.05) is 91.0 Å². The predicted octanol–water partition coefficient (Wildman–Crippen LogP) is 4.30. The Morgan fingerprint density at radius 2 is 1.10 bits per heavy atom. The van der Waals surface area contributed by atoms with E-state index < -0.39 is 24.3 Å². The Hall–Kier alpha value is -2.99. The van der Waals surface area contributed by atoms with Crippen LogP contribution in [0.25, 0.3) is 0 Å². The molecule has 0 bridgehead atoms. The molecule has 31 heavy (non-hydrogen) atoms. The number of ether oxygens (including phenoxy) is 4. The van der Waals surface area contributed by atoms with Gasteiger partial charge in [0, 0.05) is 0 Å². The number of cyclic esters (lactones) is 1. The average molecular weight is 418 g/mol. The zero-order valence-electron chi connectivity index (χ0n) is 17.3. The van der Waals surface area contributed by atoms with Crippen LogP contribution in [0.2, 0.25) is 0 Å². The second-order valence-electron chi connectivity index (χ2n) is 7.44. The fourth-order valence-electron chi connectivity index (χ4n) is 3.48. The van der Waals surface area contributed by atoms with Crippen LogP contribution in [0.15, 0.2) is 91.0 Å². The maximum absolute atomic E-state index is 12.6. The SMILES string of the molecule is O=C1OC[C@H](OCc2ccccc2)[C@H](OCc2ccccc2)[C@@H]1OCc1ccccc1. The summed E-state index contributed by atoms with van der Waals surface area (Å²) in [5.41, 5.74) is 3.04. The van der Waals surface area contributed by atoms with Gasteiger partial charge >= 0.3 is 5.97 Å². The minimum atomic E-state index is -0.863. The van der Waals surface area contributed by atoms with E-state index in [0.717, 1.165) is 16.7 Å². The third kappa shape index (κ3) is 6.01. The molecule has 5 nitrogen and oxygen atoms in total. The van der Waals surface area contributed by atoms with E-state index in [2.05, 4.69) is 0 Å². The van der Waals surface area contributed by atoms with E-state index in [0.29, 0.717) is 13.2 Å². The highest BCUT2D eigenvalue weighted by atomic mass is 16.6. The molecule has 3 aromatic carbocycles. The Kier molecular flexibility index (Phi) is 7.45. The van der Waals surface area contributed by atoms with E-state index in [1.54, 1.807) is 0 Å². The van der Waals surface area contributed by atoms with E-state index in [4.69, 9.17) is 18.9 Å². The van der Waals surface area contributed by atoms with Crippen molar-refractivity contribution in [1.82, 2.24) is 0 Å². The van der Waals surface area contributed by atoms with Crippen LogP contribution < -0.4 is 0 Å². The lowest BCUT2D eigenvalue weighted by Crippen LogP contribution is -2.54. The number of carbonyl (C=O) groups is 1. The molecule has 160 valence electrons. The first-order valence-electron chi connectivity index (χ1n) is 10.4. The zero-order chi connectivity index (χ0) is 21.3. The molecule has 3 aromatic rings. The molecule has 0 N–H and O–H groups in total. The molecule has 1 aliphatic heterocycles. The highest BCUT2D eigenvalue weighted by Crippen LogP contribution is 2.23. The molecule has 1 fully saturated rings. The summed E-state index contributed by atoms with van der Waals surface area (Å²) in [4.78, 5) is 12.6. The Morgan fingerprint density at radius 3 is 1.61 bits per heavy atom. The maximum atomic E-state index is 12.6. The molecular weight excluding hydrogens is 392 g/mol. The van der Waals surface area contributed by atoms with Crippen molar-refractivity contribution < 1.29 is 23.7 Å². The summed E-state index contributed by atoms with van der Waals surface area (Å²) in [6.07, 6.45) is -1.87. The third-order valence-electron chi connectivity index (χ3n) is 5.15. The monoisotopic (exact) mass is 418 g/mol. The number of carbonyl (C=O) groups excluding carboxylic acids is 1. The van der Waals surface area contributed by atoms with Crippen molar-refractivity contribution in [1.29, 1.82) is 0 Å². The second kappa shape index (κ2) is 10.9. The van der Waals surface area contributed by atoms with Crippen LogP contribution in [-0.4, -0.2) is 30.9 Å². The smallest absolute Gasteiger partial charge is 0.338 e. The molecule has 1 aliphatic rings. The van der Waals surface area contributed by atoms with Crippen molar-refractivity contribution in [2.24, 2.45) is 0 Å². The minimum Gasteiger partial charge on any atom is -0.461 e. The van der Waals surface area contributed by atoms with Crippen molar-refractivity contribution >= 4 is 5.97 Å². The van der Waals surface area contributed by atoms with Gasteiger partial charge in [0.1, 0.15) is 18.8 Å². The van der Waals surface area contributed by atoms with Gasteiger partial charge in [-0.2, -0.15) is 0 Å². The average Bonchev–Trinajstić information content (AvgIpc) is 2.83. The molecule has 5 heteroatoms. The molecule has 0 aromatic heterocycles. The van der Waals surface area contributed by atoms with Crippen molar-refractivity contribution in [3.63, 3.8) is 0 Å². The molecule has 4 rings (SSSR count). The van der Waals surface area contributed by atoms with Crippen LogP contribution >= 0.6 is 0 Å². The fraction of sp³-hybridized carbons (Fsp3) is 0.269. The van der Waals surface area contributed by atoms with E-state index in [1.165, 1.54) is 0 Å². The maximum Gasteiger partial charge on any atom is 0.338 e. The summed E-state index contributed by atoms with van der Waals surface area (Å²) < 4.78 is 23.7. The summed E-state index contributed by atoms with van der Waals surface area (Å²) in [5.74, 6) is -0.423. The van der Waals surface area contributed by atoms with Gasteiger partial charge in [0.05, 0.1) is 19.8 Å². The standard InChI is InChI=1S/C26H26O5/c27-26-25(30-18-22-14-8-3-9-15-22)24(29-17-21-12-6-2-7-13-21)23(19-31-26)28-16-20-10-4-1-5-11-20/h1-15,23-25H,16-19H2/t23-,24-,25-/m0/s1. The highest BCUT2D eigenvalue weighted by Gasteiger charge is 2.43. The van der Waals surface area contributed by atoms with Gasteiger partial charge in [0.15, 0.2) is 6.10 Å². The van der Waals surface area contributed by atoms with Crippen LogP contribution in [0.4, 0.5) is 0 Å². The minimum absolute atomic E-state index is 0.135. The molecule has 0 radical (unpaired) electrons. The van der Waals surface area contributed by atoms with Gasteiger partial charge in [-0.25, -0.2) is 4.79 Å². The van der Waals surface area contributed by atoms with Crippen molar-refractivity contribution in [3.05, 3.63) is 108 Å². The Labute approximate surface area is 182 Å². The molecular formula is C26H26O5. The summed E-state index contributed by atoms with van der Waals surface area (Å²) in [7, 11) is 0. The number of hydrogen-bond donors (Lipinski definition) is 0. The first-order valence-corrected chi connectivity index (χ1v) is 10.4. The largest absolute Gasteiger partial charge is 0.461 e. The van der Waals surface area contributed by atoms with Crippen molar-refractivity contribution in [2.75, 3.05) is 6.61 Å². The Bertz CT molecular complexity index is 930. The first kappa shape index (κ1) is 21.2. The Morgan fingerprint density at radius 1 is 0.645 bits per heavy atom. The first-order chi connectivity index (χ1) is 15.3. The van der Waals surface area contributed by atoms with Crippen LogP contribution in [0.3, 0.4) is 0 Å². The topological polar surface area (TPSA) is 54.0 Å². The van der Waals surface area contributed by atoms with Crippen molar-refractivity contribution in [2.45, 2.75) is 38.1 Å². The lowest BCUT2D eigenvalue weighted by atomic mass is 10.0. The van der Waals surface area contributed by atoms with Gasteiger partial charge in [0.2, 0.25) is 0 Å². The summed E-state index contributed by atoms with van der Waals surface area (Å²) in [6.45, 7) is 1.18. The van der Waals surface area contributed by atoms with Gasteiger partial charge in [-0.15, -0.1) is 0 Å². The van der Waals surface area contributed by atoms with E-state index >= 15 is 0 Å². The number of rotatable bonds is 9. The number of hydrogen-bond acceptors (Lipinski definition) is 5.